The Balaban J connectivity index is 2.66. The van der Waals surface area contributed by atoms with Gasteiger partial charge in [-0.2, -0.15) is 0 Å². The van der Waals surface area contributed by atoms with Gasteiger partial charge in [0.2, 0.25) is 0 Å². The molecule has 0 bridgehead atoms. The molecule has 1 saturated heterocycles. The highest BCUT2D eigenvalue weighted by Gasteiger charge is 2.72. The molecule has 0 aromatic carbocycles. The summed E-state index contributed by atoms with van der Waals surface area (Å²) >= 11 is 0. The number of hydrogen-bond donors (Lipinski definition) is 0. The van der Waals surface area contributed by atoms with Crippen LogP contribution in [0, 0.1) is 0 Å². The molecule has 3 heteroatoms. The van der Waals surface area contributed by atoms with E-state index in [1.807, 2.05) is 0 Å². The molecule has 1 aliphatic carbocycles. The van der Waals surface area contributed by atoms with Crippen LogP contribution in [0.15, 0.2) is 0 Å². The normalized spacial score (nSPS) is 56.7. The molecule has 0 aromatic rings. The quantitative estimate of drug-likeness (QED) is 0.390. The number of fused-ring (bicyclic) bond motifs is 1. The number of hydrogen-bond acceptors (Lipinski definition) is 2. The van der Waals surface area contributed by atoms with E-state index < -0.39 is 9.84 Å². The summed E-state index contributed by atoms with van der Waals surface area (Å²) in [4.78, 5) is 0. The van der Waals surface area contributed by atoms with Gasteiger partial charge in [0.05, 0.1) is 10.5 Å². The van der Waals surface area contributed by atoms with Crippen molar-refractivity contribution >= 4 is 9.84 Å². The molecule has 2 fully saturated rings. The van der Waals surface area contributed by atoms with Crippen molar-refractivity contribution in [2.45, 2.75) is 16.9 Å². The lowest BCUT2D eigenvalue weighted by Crippen LogP contribution is -1.86. The smallest absolute Gasteiger partial charge is 0.158 e. The average molecular weight is 104 g/mol. The molecule has 2 aliphatic rings. The Hall–Kier alpha value is -0.0500. The highest BCUT2D eigenvalue weighted by atomic mass is 32.2. The van der Waals surface area contributed by atoms with Crippen molar-refractivity contribution in [2.24, 2.45) is 0 Å². The fraction of sp³-hybridized carbons (Fsp3) is 1.00. The summed E-state index contributed by atoms with van der Waals surface area (Å²) in [5.41, 5.74) is 0. The van der Waals surface area contributed by atoms with Gasteiger partial charge >= 0.3 is 0 Å². The van der Waals surface area contributed by atoms with Crippen LogP contribution in [0.5, 0.6) is 0 Å². The second kappa shape index (κ2) is 0.461. The average Bonchev–Trinajstić information content (AvgIpc) is 2.13. The van der Waals surface area contributed by atoms with Crippen LogP contribution >= 0.6 is 0 Å². The first-order chi connectivity index (χ1) is 2.73. The van der Waals surface area contributed by atoms with Gasteiger partial charge in [0.1, 0.15) is 0 Å². The van der Waals surface area contributed by atoms with Crippen LogP contribution in [-0.4, -0.2) is 18.9 Å². The SMILES string of the molecule is O=S1(=O)C2CC21. The third kappa shape index (κ3) is 0.135. The Morgan fingerprint density at radius 3 is 1.67 bits per heavy atom. The molecular formula is C3H4O2S. The molecule has 2 unspecified atom stereocenters. The first-order valence-corrected chi connectivity index (χ1v) is 3.56. The Morgan fingerprint density at radius 2 is 1.67 bits per heavy atom. The largest absolute Gasteiger partial charge is 0.228 e. The zero-order chi connectivity index (χ0) is 4.36. The van der Waals surface area contributed by atoms with Gasteiger partial charge in [0, 0.05) is 0 Å². The molecule has 1 heterocycles. The van der Waals surface area contributed by atoms with E-state index >= 15 is 0 Å². The molecule has 6 heavy (non-hydrogen) atoms. The molecule has 0 amide bonds. The molecule has 2 nitrogen and oxygen atoms in total. The van der Waals surface area contributed by atoms with Crippen molar-refractivity contribution < 1.29 is 8.42 Å². The Morgan fingerprint density at radius 1 is 1.33 bits per heavy atom. The Bertz CT molecular complexity index is 165. The molecule has 0 aromatic heterocycles. The van der Waals surface area contributed by atoms with E-state index in [9.17, 15) is 8.42 Å². The Kier molecular flexibility index (Phi) is 0.232. The van der Waals surface area contributed by atoms with Crippen LogP contribution in [0.4, 0.5) is 0 Å². The van der Waals surface area contributed by atoms with E-state index in [4.69, 9.17) is 0 Å². The summed E-state index contributed by atoms with van der Waals surface area (Å²) < 4.78 is 20.2. The van der Waals surface area contributed by atoms with Crippen molar-refractivity contribution in [3.63, 3.8) is 0 Å². The zero-order valence-corrected chi connectivity index (χ0v) is 3.90. The van der Waals surface area contributed by atoms with Gasteiger partial charge in [0.25, 0.3) is 0 Å². The van der Waals surface area contributed by atoms with Gasteiger partial charge in [-0.3, -0.25) is 0 Å². The second-order valence-corrected chi connectivity index (χ2v) is 4.29. The third-order valence-electron chi connectivity index (χ3n) is 1.44. The lowest BCUT2D eigenvalue weighted by Gasteiger charge is -1.73. The van der Waals surface area contributed by atoms with Gasteiger partial charge in [-0.1, -0.05) is 0 Å². The zero-order valence-electron chi connectivity index (χ0n) is 3.09. The van der Waals surface area contributed by atoms with Crippen molar-refractivity contribution in [2.75, 3.05) is 0 Å². The van der Waals surface area contributed by atoms with Gasteiger partial charge < -0.3 is 0 Å². The van der Waals surface area contributed by atoms with Crippen LogP contribution in [0.1, 0.15) is 6.42 Å². The third-order valence-corrected chi connectivity index (χ3v) is 3.86. The van der Waals surface area contributed by atoms with Crippen LogP contribution < -0.4 is 0 Å². The van der Waals surface area contributed by atoms with Gasteiger partial charge in [-0.15, -0.1) is 0 Å². The molecule has 0 radical (unpaired) electrons. The van der Waals surface area contributed by atoms with Crippen LogP contribution in [-0.2, 0) is 9.84 Å². The van der Waals surface area contributed by atoms with E-state index in [2.05, 4.69) is 0 Å². The minimum Gasteiger partial charge on any atom is -0.228 e. The summed E-state index contributed by atoms with van der Waals surface area (Å²) in [5.74, 6) is 0. The van der Waals surface area contributed by atoms with Crippen molar-refractivity contribution in [1.29, 1.82) is 0 Å². The topological polar surface area (TPSA) is 34.1 Å². The molecular weight excluding hydrogens is 100 g/mol. The van der Waals surface area contributed by atoms with Crippen LogP contribution in [0.25, 0.3) is 0 Å². The van der Waals surface area contributed by atoms with Crippen LogP contribution in [0.2, 0.25) is 0 Å². The summed E-state index contributed by atoms with van der Waals surface area (Å²) in [5, 5.41) is 0.273. The van der Waals surface area contributed by atoms with E-state index in [0.29, 0.717) is 0 Å². The summed E-state index contributed by atoms with van der Waals surface area (Å²) in [6.45, 7) is 0. The Labute approximate surface area is 36.1 Å². The van der Waals surface area contributed by atoms with Crippen LogP contribution in [0.3, 0.4) is 0 Å². The summed E-state index contributed by atoms with van der Waals surface area (Å²) in [6, 6.07) is 0. The summed E-state index contributed by atoms with van der Waals surface area (Å²) in [6.07, 6.45) is 0.961. The fourth-order valence-corrected chi connectivity index (χ4v) is 2.31. The van der Waals surface area contributed by atoms with Gasteiger partial charge in [-0.05, 0) is 6.42 Å². The second-order valence-electron chi connectivity index (χ2n) is 1.90. The molecule has 0 spiro atoms. The predicted octanol–water partition coefficient (Wildman–Crippen LogP) is -0.444. The van der Waals surface area contributed by atoms with E-state index in [-0.39, 0.29) is 10.5 Å². The van der Waals surface area contributed by atoms with E-state index in [1.165, 1.54) is 0 Å². The first-order valence-electron chi connectivity index (χ1n) is 1.95. The van der Waals surface area contributed by atoms with Gasteiger partial charge in [-0.25, -0.2) is 8.42 Å². The highest BCUT2D eigenvalue weighted by molar-refractivity contribution is 8.01. The maximum absolute atomic E-state index is 10.1. The highest BCUT2D eigenvalue weighted by Crippen LogP contribution is 2.54. The molecule has 1 saturated carbocycles. The predicted molar refractivity (Wildman–Crippen MR) is 21.1 cm³/mol. The fourth-order valence-electron chi connectivity index (χ4n) is 0.678. The maximum Gasteiger partial charge on any atom is 0.158 e. The molecule has 34 valence electrons. The molecule has 0 N–H and O–H groups in total. The number of sulfone groups is 1. The molecule has 2 rings (SSSR count). The summed E-state index contributed by atoms with van der Waals surface area (Å²) in [7, 11) is -2.40. The van der Waals surface area contributed by atoms with Gasteiger partial charge in [0.15, 0.2) is 9.84 Å². The molecule has 2 atom stereocenters. The standard InChI is InChI=1S/C3H4O2S/c4-6(5)2-1-3(2)6/h2-3H,1H2. The van der Waals surface area contributed by atoms with Crippen molar-refractivity contribution in [3.8, 4) is 0 Å². The minimum atomic E-state index is -2.40. The monoisotopic (exact) mass is 104 g/mol. The van der Waals surface area contributed by atoms with Crippen molar-refractivity contribution in [1.82, 2.24) is 0 Å². The van der Waals surface area contributed by atoms with Crippen molar-refractivity contribution in [3.05, 3.63) is 0 Å². The van der Waals surface area contributed by atoms with E-state index in [1.54, 1.807) is 0 Å². The minimum absolute atomic E-state index is 0.137. The maximum atomic E-state index is 10.1. The lowest BCUT2D eigenvalue weighted by atomic mass is 11.0. The van der Waals surface area contributed by atoms with E-state index in [0.717, 1.165) is 6.42 Å². The number of rotatable bonds is 0. The first kappa shape index (κ1) is 3.02. The lowest BCUT2D eigenvalue weighted by molar-refractivity contribution is 0.606. The molecule has 1 aliphatic heterocycles.